The highest BCUT2D eigenvalue weighted by Gasteiger charge is 2.18. The molecule has 0 spiro atoms. The Morgan fingerprint density at radius 3 is 3.00 bits per heavy atom. The van der Waals surface area contributed by atoms with Gasteiger partial charge in [-0.2, -0.15) is 0 Å². The van der Waals surface area contributed by atoms with Crippen molar-refractivity contribution in [3.05, 3.63) is 42.1 Å². The Morgan fingerprint density at radius 1 is 1.28 bits per heavy atom. The van der Waals surface area contributed by atoms with Crippen LogP contribution in [0.15, 0.2) is 30.7 Å². The molecule has 0 saturated carbocycles. The lowest BCUT2D eigenvalue weighted by Gasteiger charge is -2.29. The molecule has 1 atom stereocenters. The molecule has 18 heavy (non-hydrogen) atoms. The molecular formula is C13H17N5. The van der Waals surface area contributed by atoms with E-state index in [1.807, 2.05) is 31.6 Å². The highest BCUT2D eigenvalue weighted by molar-refractivity contribution is 5.42. The number of hydrogen-bond donors (Lipinski definition) is 1. The predicted octanol–water partition coefficient (Wildman–Crippen LogP) is 1.32. The van der Waals surface area contributed by atoms with Gasteiger partial charge in [0.1, 0.15) is 11.6 Å². The third-order valence-corrected chi connectivity index (χ3v) is 3.36. The van der Waals surface area contributed by atoms with Crippen molar-refractivity contribution in [1.82, 2.24) is 14.5 Å². The van der Waals surface area contributed by atoms with E-state index in [1.165, 1.54) is 0 Å². The summed E-state index contributed by atoms with van der Waals surface area (Å²) in [5.74, 6) is 2.08. The van der Waals surface area contributed by atoms with Crippen molar-refractivity contribution in [2.75, 3.05) is 11.4 Å². The molecule has 2 aromatic heterocycles. The fourth-order valence-corrected chi connectivity index (χ4v) is 2.26. The molecule has 5 nitrogen and oxygen atoms in total. The highest BCUT2D eigenvalue weighted by atomic mass is 15.3. The zero-order valence-electron chi connectivity index (χ0n) is 10.5. The number of aromatic nitrogens is 3. The first kappa shape index (κ1) is 11.2. The Balaban J connectivity index is 1.86. The first-order valence-corrected chi connectivity index (χ1v) is 6.20. The van der Waals surface area contributed by atoms with Gasteiger partial charge in [-0.15, -0.1) is 0 Å². The lowest BCUT2D eigenvalue weighted by molar-refractivity contribution is 0.556. The standard InChI is InChI=1S/C13H17N5/c1-10(14)11-2-3-15-12(8-11)18-7-6-17-5-4-16-13(17)9-18/h2-5,8,10H,6-7,9,14H2,1H3/t10-/m0/s1. The van der Waals surface area contributed by atoms with Crippen LogP contribution < -0.4 is 10.6 Å². The smallest absolute Gasteiger partial charge is 0.129 e. The van der Waals surface area contributed by atoms with E-state index in [0.717, 1.165) is 36.8 Å². The fourth-order valence-electron chi connectivity index (χ4n) is 2.26. The van der Waals surface area contributed by atoms with Gasteiger partial charge in [0.25, 0.3) is 0 Å². The Hall–Kier alpha value is -1.88. The van der Waals surface area contributed by atoms with Crippen molar-refractivity contribution >= 4 is 5.82 Å². The maximum Gasteiger partial charge on any atom is 0.129 e. The molecule has 94 valence electrons. The Bertz CT molecular complexity index is 546. The number of imidazole rings is 1. The maximum atomic E-state index is 5.91. The molecule has 0 bridgehead atoms. The van der Waals surface area contributed by atoms with Gasteiger partial charge in [-0.3, -0.25) is 0 Å². The van der Waals surface area contributed by atoms with E-state index in [4.69, 9.17) is 5.73 Å². The van der Waals surface area contributed by atoms with Crippen LogP contribution in [0.5, 0.6) is 0 Å². The number of hydrogen-bond acceptors (Lipinski definition) is 4. The van der Waals surface area contributed by atoms with Gasteiger partial charge >= 0.3 is 0 Å². The normalized spacial score (nSPS) is 16.4. The SMILES string of the molecule is C[C@H](N)c1ccnc(N2CCn3ccnc3C2)c1. The van der Waals surface area contributed by atoms with Crippen LogP contribution in [-0.2, 0) is 13.1 Å². The molecule has 0 aromatic carbocycles. The van der Waals surface area contributed by atoms with E-state index in [2.05, 4.69) is 25.5 Å². The van der Waals surface area contributed by atoms with Crippen molar-refractivity contribution < 1.29 is 0 Å². The van der Waals surface area contributed by atoms with Crippen LogP contribution >= 0.6 is 0 Å². The van der Waals surface area contributed by atoms with Gasteiger partial charge < -0.3 is 15.2 Å². The second-order valence-corrected chi connectivity index (χ2v) is 4.69. The first-order chi connectivity index (χ1) is 8.74. The van der Waals surface area contributed by atoms with Crippen LogP contribution in [-0.4, -0.2) is 21.1 Å². The maximum absolute atomic E-state index is 5.91. The summed E-state index contributed by atoms with van der Waals surface area (Å²) in [4.78, 5) is 11.0. The summed E-state index contributed by atoms with van der Waals surface area (Å²) in [7, 11) is 0. The average Bonchev–Trinajstić information content (AvgIpc) is 2.86. The van der Waals surface area contributed by atoms with Gasteiger partial charge in [0.2, 0.25) is 0 Å². The van der Waals surface area contributed by atoms with Gasteiger partial charge in [-0.05, 0) is 24.6 Å². The molecule has 0 radical (unpaired) electrons. The van der Waals surface area contributed by atoms with E-state index >= 15 is 0 Å². The topological polar surface area (TPSA) is 60.0 Å². The fraction of sp³-hybridized carbons (Fsp3) is 0.385. The van der Waals surface area contributed by atoms with Crippen molar-refractivity contribution in [3.63, 3.8) is 0 Å². The summed E-state index contributed by atoms with van der Waals surface area (Å²) in [5.41, 5.74) is 7.03. The Morgan fingerprint density at radius 2 is 2.17 bits per heavy atom. The second kappa shape index (κ2) is 4.42. The summed E-state index contributed by atoms with van der Waals surface area (Å²) < 4.78 is 2.19. The van der Waals surface area contributed by atoms with Crippen molar-refractivity contribution in [2.45, 2.75) is 26.1 Å². The molecule has 3 heterocycles. The van der Waals surface area contributed by atoms with Crippen LogP contribution in [0.4, 0.5) is 5.82 Å². The largest absolute Gasteiger partial charge is 0.347 e. The summed E-state index contributed by atoms with van der Waals surface area (Å²) in [6, 6.07) is 4.08. The number of fused-ring (bicyclic) bond motifs is 1. The number of anilines is 1. The van der Waals surface area contributed by atoms with E-state index in [1.54, 1.807) is 0 Å². The van der Waals surface area contributed by atoms with Gasteiger partial charge in [0.15, 0.2) is 0 Å². The average molecular weight is 243 g/mol. The summed E-state index contributed by atoms with van der Waals surface area (Å²) in [6.45, 7) is 4.71. The van der Waals surface area contributed by atoms with Gasteiger partial charge in [-0.1, -0.05) is 0 Å². The van der Waals surface area contributed by atoms with Crippen LogP contribution in [0.25, 0.3) is 0 Å². The van der Waals surface area contributed by atoms with Gasteiger partial charge in [0, 0.05) is 37.7 Å². The van der Waals surface area contributed by atoms with Gasteiger partial charge in [-0.25, -0.2) is 9.97 Å². The molecule has 0 saturated heterocycles. The number of nitrogens with zero attached hydrogens (tertiary/aromatic N) is 4. The zero-order valence-corrected chi connectivity index (χ0v) is 10.5. The summed E-state index contributed by atoms with van der Waals surface area (Å²) in [6.07, 6.45) is 5.71. The molecule has 0 fully saturated rings. The molecule has 2 N–H and O–H groups in total. The van der Waals surface area contributed by atoms with Crippen LogP contribution in [0.3, 0.4) is 0 Å². The highest BCUT2D eigenvalue weighted by Crippen LogP contribution is 2.20. The third kappa shape index (κ3) is 1.97. The van der Waals surface area contributed by atoms with E-state index in [9.17, 15) is 0 Å². The number of rotatable bonds is 2. The molecule has 5 heteroatoms. The molecule has 0 aliphatic carbocycles. The van der Waals surface area contributed by atoms with E-state index in [-0.39, 0.29) is 6.04 Å². The van der Waals surface area contributed by atoms with Gasteiger partial charge in [0.05, 0.1) is 6.54 Å². The molecule has 1 aliphatic heterocycles. The monoisotopic (exact) mass is 243 g/mol. The van der Waals surface area contributed by atoms with Crippen molar-refractivity contribution in [1.29, 1.82) is 0 Å². The summed E-state index contributed by atoms with van der Waals surface area (Å²) in [5, 5.41) is 0. The minimum absolute atomic E-state index is 0.0403. The summed E-state index contributed by atoms with van der Waals surface area (Å²) >= 11 is 0. The zero-order chi connectivity index (χ0) is 12.5. The Kier molecular flexibility index (Phi) is 2.76. The Labute approximate surface area is 106 Å². The number of pyridine rings is 1. The molecule has 3 rings (SSSR count). The van der Waals surface area contributed by atoms with Crippen molar-refractivity contribution in [2.24, 2.45) is 5.73 Å². The molecule has 2 aromatic rings. The molecular weight excluding hydrogens is 226 g/mol. The minimum Gasteiger partial charge on any atom is -0.347 e. The predicted molar refractivity (Wildman–Crippen MR) is 70.1 cm³/mol. The van der Waals surface area contributed by atoms with Crippen molar-refractivity contribution in [3.8, 4) is 0 Å². The first-order valence-electron chi connectivity index (χ1n) is 6.20. The molecule has 0 unspecified atom stereocenters. The van der Waals surface area contributed by atoms with Crippen LogP contribution in [0, 0.1) is 0 Å². The van der Waals surface area contributed by atoms with E-state index < -0.39 is 0 Å². The molecule has 1 aliphatic rings. The van der Waals surface area contributed by atoms with Crippen LogP contribution in [0.1, 0.15) is 24.4 Å². The molecule has 0 amide bonds. The third-order valence-electron chi connectivity index (χ3n) is 3.36. The lowest BCUT2D eigenvalue weighted by Crippen LogP contribution is -2.34. The second-order valence-electron chi connectivity index (χ2n) is 4.69. The van der Waals surface area contributed by atoms with Crippen LogP contribution in [0.2, 0.25) is 0 Å². The minimum atomic E-state index is 0.0403. The number of nitrogens with two attached hydrogens (primary N) is 1. The quantitative estimate of drug-likeness (QED) is 0.864. The van der Waals surface area contributed by atoms with E-state index in [0.29, 0.717) is 0 Å². The lowest BCUT2D eigenvalue weighted by atomic mass is 10.1.